The van der Waals surface area contributed by atoms with Crippen LogP contribution < -0.4 is 0 Å². The van der Waals surface area contributed by atoms with Crippen LogP contribution in [0.15, 0.2) is 12.2 Å². The van der Waals surface area contributed by atoms with E-state index in [0.29, 0.717) is 6.42 Å². The highest BCUT2D eigenvalue weighted by Crippen LogP contribution is 2.21. The number of esters is 1. The molecule has 68 valence electrons. The van der Waals surface area contributed by atoms with Gasteiger partial charge in [-0.3, -0.25) is 4.79 Å². The van der Waals surface area contributed by atoms with Crippen LogP contribution in [-0.2, 0) is 9.53 Å². The molecule has 1 rings (SSSR count). The van der Waals surface area contributed by atoms with Crippen molar-refractivity contribution >= 4 is 5.97 Å². The fourth-order valence-corrected chi connectivity index (χ4v) is 1.37. The van der Waals surface area contributed by atoms with Crippen molar-refractivity contribution in [1.82, 2.24) is 0 Å². The number of hydrogen-bond donors (Lipinski definition) is 1. The van der Waals surface area contributed by atoms with E-state index >= 15 is 0 Å². The van der Waals surface area contributed by atoms with E-state index in [4.69, 9.17) is 4.74 Å². The summed E-state index contributed by atoms with van der Waals surface area (Å²) < 4.78 is 5.01. The Bertz CT molecular complexity index is 198. The normalized spacial score (nSPS) is 34.8. The van der Waals surface area contributed by atoms with E-state index in [2.05, 4.69) is 0 Å². The maximum absolute atomic E-state index is 10.6. The van der Waals surface area contributed by atoms with Crippen molar-refractivity contribution in [3.05, 3.63) is 12.2 Å². The van der Waals surface area contributed by atoms with Crippen LogP contribution in [0.25, 0.3) is 0 Å². The lowest BCUT2D eigenvalue weighted by Crippen LogP contribution is -2.29. The van der Waals surface area contributed by atoms with Gasteiger partial charge in [0.05, 0.1) is 6.10 Å². The van der Waals surface area contributed by atoms with Crippen LogP contribution in [-0.4, -0.2) is 23.3 Å². The smallest absolute Gasteiger partial charge is 0.303 e. The van der Waals surface area contributed by atoms with Gasteiger partial charge in [-0.1, -0.05) is 13.0 Å². The lowest BCUT2D eigenvalue weighted by atomic mass is 9.92. The molecule has 0 bridgehead atoms. The van der Waals surface area contributed by atoms with Gasteiger partial charge >= 0.3 is 5.97 Å². The summed E-state index contributed by atoms with van der Waals surface area (Å²) in [6, 6.07) is 0. The Kier molecular flexibility index (Phi) is 2.87. The van der Waals surface area contributed by atoms with Gasteiger partial charge in [-0.2, -0.15) is 0 Å². The predicted octanol–water partition coefficient (Wildman–Crippen LogP) is 0.875. The molecule has 0 aromatic heterocycles. The first-order valence-electron chi connectivity index (χ1n) is 4.13. The standard InChI is InChI=1S/C9H14O3/c1-6-5-8(11)3-4-9(6)12-7(2)10/h3-4,6,8-9,11H,5H2,1-2H3. The Balaban J connectivity index is 2.54. The van der Waals surface area contributed by atoms with E-state index in [0.717, 1.165) is 0 Å². The first-order chi connectivity index (χ1) is 5.59. The van der Waals surface area contributed by atoms with Gasteiger partial charge < -0.3 is 9.84 Å². The van der Waals surface area contributed by atoms with Gasteiger partial charge in [0.1, 0.15) is 6.10 Å². The molecule has 0 aromatic rings. The summed E-state index contributed by atoms with van der Waals surface area (Å²) in [5.41, 5.74) is 0. The SMILES string of the molecule is CC(=O)OC1C=CC(O)CC1C. The molecule has 1 aliphatic rings. The van der Waals surface area contributed by atoms with Crippen LogP contribution in [0, 0.1) is 5.92 Å². The largest absolute Gasteiger partial charge is 0.458 e. The molecule has 0 saturated heterocycles. The second-order valence-electron chi connectivity index (χ2n) is 3.24. The van der Waals surface area contributed by atoms with Crippen LogP contribution in [0.2, 0.25) is 0 Å². The molecule has 3 atom stereocenters. The lowest BCUT2D eigenvalue weighted by molar-refractivity contribution is -0.146. The zero-order valence-electron chi connectivity index (χ0n) is 7.36. The second kappa shape index (κ2) is 3.72. The van der Waals surface area contributed by atoms with Gasteiger partial charge in [-0.15, -0.1) is 0 Å². The van der Waals surface area contributed by atoms with Crippen LogP contribution in [0.4, 0.5) is 0 Å². The van der Waals surface area contributed by atoms with Crippen molar-refractivity contribution in [1.29, 1.82) is 0 Å². The van der Waals surface area contributed by atoms with E-state index in [1.807, 2.05) is 6.92 Å². The van der Waals surface area contributed by atoms with Crippen LogP contribution in [0.1, 0.15) is 20.3 Å². The highest BCUT2D eigenvalue weighted by molar-refractivity contribution is 5.66. The van der Waals surface area contributed by atoms with Crippen LogP contribution in [0.3, 0.4) is 0 Å². The number of rotatable bonds is 1. The molecule has 0 heterocycles. The van der Waals surface area contributed by atoms with Crippen molar-refractivity contribution in [3.63, 3.8) is 0 Å². The maximum atomic E-state index is 10.6. The van der Waals surface area contributed by atoms with E-state index in [1.54, 1.807) is 12.2 Å². The number of carbonyl (C=O) groups is 1. The molecular weight excluding hydrogens is 156 g/mol. The summed E-state index contributed by atoms with van der Waals surface area (Å²) in [7, 11) is 0. The molecule has 3 heteroatoms. The highest BCUT2D eigenvalue weighted by Gasteiger charge is 2.23. The molecule has 12 heavy (non-hydrogen) atoms. The molecule has 0 spiro atoms. The molecule has 3 nitrogen and oxygen atoms in total. The molecule has 0 amide bonds. The van der Waals surface area contributed by atoms with Gasteiger partial charge in [0.2, 0.25) is 0 Å². The van der Waals surface area contributed by atoms with Gasteiger partial charge in [0.25, 0.3) is 0 Å². The average molecular weight is 170 g/mol. The van der Waals surface area contributed by atoms with Gasteiger partial charge in [-0.05, 0) is 18.4 Å². The zero-order chi connectivity index (χ0) is 9.14. The lowest BCUT2D eigenvalue weighted by Gasteiger charge is -2.26. The van der Waals surface area contributed by atoms with Crippen LogP contribution in [0.5, 0.6) is 0 Å². The van der Waals surface area contributed by atoms with Crippen molar-refractivity contribution in [3.8, 4) is 0 Å². The molecule has 0 saturated carbocycles. The Morgan fingerprint density at radius 1 is 1.58 bits per heavy atom. The van der Waals surface area contributed by atoms with Gasteiger partial charge in [0, 0.05) is 6.92 Å². The first kappa shape index (κ1) is 9.26. The van der Waals surface area contributed by atoms with Crippen molar-refractivity contribution in [2.24, 2.45) is 5.92 Å². The maximum Gasteiger partial charge on any atom is 0.303 e. The summed E-state index contributed by atoms with van der Waals surface area (Å²) in [4.78, 5) is 10.6. The van der Waals surface area contributed by atoms with E-state index in [9.17, 15) is 9.90 Å². The topological polar surface area (TPSA) is 46.5 Å². The number of ether oxygens (including phenoxy) is 1. The number of aliphatic hydroxyl groups excluding tert-OH is 1. The van der Waals surface area contributed by atoms with E-state index in [1.165, 1.54) is 6.92 Å². The highest BCUT2D eigenvalue weighted by atomic mass is 16.5. The van der Waals surface area contributed by atoms with Crippen molar-refractivity contribution < 1.29 is 14.6 Å². The third kappa shape index (κ3) is 2.34. The fourth-order valence-electron chi connectivity index (χ4n) is 1.37. The van der Waals surface area contributed by atoms with Gasteiger partial charge in [0.15, 0.2) is 0 Å². The third-order valence-electron chi connectivity index (χ3n) is 2.00. The molecule has 1 N–H and O–H groups in total. The van der Waals surface area contributed by atoms with Crippen molar-refractivity contribution in [2.75, 3.05) is 0 Å². The Hall–Kier alpha value is -0.830. The minimum atomic E-state index is -0.383. The molecule has 0 fully saturated rings. The summed E-state index contributed by atoms with van der Waals surface area (Å²) in [6.45, 7) is 3.35. The van der Waals surface area contributed by atoms with Crippen molar-refractivity contribution in [2.45, 2.75) is 32.5 Å². The second-order valence-corrected chi connectivity index (χ2v) is 3.24. The Morgan fingerprint density at radius 3 is 2.75 bits per heavy atom. The van der Waals surface area contributed by atoms with E-state index < -0.39 is 0 Å². The van der Waals surface area contributed by atoms with Gasteiger partial charge in [-0.25, -0.2) is 0 Å². The predicted molar refractivity (Wildman–Crippen MR) is 44.5 cm³/mol. The zero-order valence-corrected chi connectivity index (χ0v) is 7.36. The number of carbonyl (C=O) groups excluding carboxylic acids is 1. The summed E-state index contributed by atoms with van der Waals surface area (Å²) in [5.74, 6) is -0.0678. The average Bonchev–Trinajstić information content (AvgIpc) is 1.94. The Labute approximate surface area is 72.0 Å². The summed E-state index contributed by atoms with van der Waals surface area (Å²) >= 11 is 0. The van der Waals surface area contributed by atoms with Crippen LogP contribution >= 0.6 is 0 Å². The van der Waals surface area contributed by atoms with E-state index in [-0.39, 0.29) is 24.1 Å². The monoisotopic (exact) mass is 170 g/mol. The minimum absolute atomic E-state index is 0.161. The third-order valence-corrected chi connectivity index (χ3v) is 2.00. The Morgan fingerprint density at radius 2 is 2.25 bits per heavy atom. The molecule has 0 aliphatic heterocycles. The molecule has 0 aromatic carbocycles. The summed E-state index contributed by atoms with van der Waals surface area (Å²) in [6.07, 6.45) is 3.54. The quantitative estimate of drug-likeness (QED) is 0.469. The fraction of sp³-hybridized carbons (Fsp3) is 0.667. The molecular formula is C9H14O3. The molecule has 1 aliphatic carbocycles. The minimum Gasteiger partial charge on any atom is -0.458 e. The molecule has 3 unspecified atom stereocenters. The number of hydrogen-bond acceptors (Lipinski definition) is 3. The number of aliphatic hydroxyl groups is 1. The summed E-state index contributed by atoms with van der Waals surface area (Å²) in [5, 5.41) is 9.20. The molecule has 0 radical (unpaired) electrons. The first-order valence-corrected chi connectivity index (χ1v) is 4.13.